The molecular weight excluding hydrogens is 503 g/mol. The molecule has 0 bridgehead atoms. The third kappa shape index (κ3) is 5.41. The normalized spacial score (nSPS) is 17.2. The fourth-order valence-electron chi connectivity index (χ4n) is 4.48. The Morgan fingerprint density at radius 2 is 1.66 bits per heavy atom. The lowest BCUT2D eigenvalue weighted by Crippen LogP contribution is -2.60. The van der Waals surface area contributed by atoms with Crippen molar-refractivity contribution in [3.8, 4) is 22.6 Å². The summed E-state index contributed by atoms with van der Waals surface area (Å²) in [6.45, 7) is 0.157. The molecule has 1 fully saturated rings. The van der Waals surface area contributed by atoms with Gasteiger partial charge in [0.15, 0.2) is 6.61 Å². The van der Waals surface area contributed by atoms with Crippen molar-refractivity contribution in [3.63, 3.8) is 0 Å². The Bertz CT molecular complexity index is 1380. The molecule has 11 heteroatoms. The van der Waals surface area contributed by atoms with Gasteiger partial charge in [0.2, 0.25) is 5.91 Å². The summed E-state index contributed by atoms with van der Waals surface area (Å²) in [5.74, 6) is -1.00. The van der Waals surface area contributed by atoms with E-state index in [2.05, 4.69) is 10.1 Å². The molecule has 8 nitrogen and oxygen atoms in total. The van der Waals surface area contributed by atoms with Gasteiger partial charge in [-0.2, -0.15) is 0 Å². The first-order valence-electron chi connectivity index (χ1n) is 11.8. The third-order valence-corrected chi connectivity index (χ3v) is 6.31. The van der Waals surface area contributed by atoms with Gasteiger partial charge in [0, 0.05) is 13.1 Å². The number of carbonyl (C=O) groups is 3. The second-order valence-electron chi connectivity index (χ2n) is 8.78. The molecule has 1 atom stereocenters. The Balaban J connectivity index is 1.33. The fourth-order valence-corrected chi connectivity index (χ4v) is 4.48. The molecule has 0 spiro atoms. The number of fused-ring (bicyclic) bond motifs is 2. The number of anilines is 1. The number of carbonyl (C=O) groups excluding carboxylic acids is 3. The minimum Gasteiger partial charge on any atom is -0.484 e. The maximum Gasteiger partial charge on any atom is 0.573 e. The van der Waals surface area contributed by atoms with Crippen molar-refractivity contribution in [2.45, 2.75) is 12.4 Å². The molecule has 3 aromatic carbocycles. The molecule has 3 amide bonds. The van der Waals surface area contributed by atoms with Gasteiger partial charge in [0.1, 0.15) is 17.5 Å². The standard InChI is InChI=1S/C27H22F3N3O5/c28-27(29,30)38-20-8-4-5-17(13-20)18-9-10-22-21(14-18)26(36)33-12-11-32(15-23(33)25(35)31-22)24(34)16-37-19-6-2-1-3-7-19/h1-10,13-14,23H,11-12,15-16H2,(H,31,35). The molecule has 0 aromatic heterocycles. The number of nitrogens with zero attached hydrogens (tertiary/aromatic N) is 2. The number of halogens is 3. The average molecular weight is 525 g/mol. The smallest absolute Gasteiger partial charge is 0.484 e. The average Bonchev–Trinajstić information content (AvgIpc) is 3.00. The van der Waals surface area contributed by atoms with E-state index < -0.39 is 24.2 Å². The van der Waals surface area contributed by atoms with E-state index in [1.54, 1.807) is 36.4 Å². The fraction of sp³-hybridized carbons (Fsp3) is 0.222. The van der Waals surface area contributed by atoms with Gasteiger partial charge in [-0.3, -0.25) is 14.4 Å². The number of benzene rings is 3. The van der Waals surface area contributed by atoms with E-state index in [1.165, 1.54) is 40.1 Å². The van der Waals surface area contributed by atoms with Crippen molar-refractivity contribution in [2.24, 2.45) is 0 Å². The van der Waals surface area contributed by atoms with Crippen molar-refractivity contribution in [1.82, 2.24) is 9.80 Å². The number of para-hydroxylation sites is 1. The van der Waals surface area contributed by atoms with Gasteiger partial charge < -0.3 is 24.6 Å². The van der Waals surface area contributed by atoms with Crippen molar-refractivity contribution >= 4 is 23.4 Å². The minimum absolute atomic E-state index is 0.00618. The number of hydrogen-bond donors (Lipinski definition) is 1. The van der Waals surface area contributed by atoms with Crippen LogP contribution in [0.25, 0.3) is 11.1 Å². The first kappa shape index (κ1) is 25.1. The second kappa shape index (κ2) is 10.1. The van der Waals surface area contributed by atoms with Crippen LogP contribution in [0.2, 0.25) is 0 Å². The molecule has 1 unspecified atom stereocenters. The largest absolute Gasteiger partial charge is 0.573 e. The number of rotatable bonds is 5. The maximum atomic E-state index is 13.5. The first-order chi connectivity index (χ1) is 18.2. The van der Waals surface area contributed by atoms with E-state index in [4.69, 9.17) is 4.74 Å². The Hall–Kier alpha value is -4.54. The van der Waals surface area contributed by atoms with Crippen LogP contribution in [0.4, 0.5) is 18.9 Å². The van der Waals surface area contributed by atoms with Gasteiger partial charge in [-0.1, -0.05) is 36.4 Å². The summed E-state index contributed by atoms with van der Waals surface area (Å²) in [4.78, 5) is 42.2. The van der Waals surface area contributed by atoms with Crippen LogP contribution in [-0.2, 0) is 9.59 Å². The Morgan fingerprint density at radius 1 is 0.921 bits per heavy atom. The topological polar surface area (TPSA) is 88.2 Å². The van der Waals surface area contributed by atoms with E-state index in [-0.39, 0.29) is 49.1 Å². The van der Waals surface area contributed by atoms with Gasteiger partial charge >= 0.3 is 6.36 Å². The number of ether oxygens (including phenoxy) is 2. The highest BCUT2D eigenvalue weighted by atomic mass is 19.4. The molecule has 1 N–H and O–H groups in total. The molecule has 1 saturated heterocycles. The van der Waals surface area contributed by atoms with Gasteiger partial charge in [0.05, 0.1) is 17.8 Å². The van der Waals surface area contributed by atoms with E-state index in [0.29, 0.717) is 16.9 Å². The van der Waals surface area contributed by atoms with Gasteiger partial charge in [-0.25, -0.2) is 0 Å². The summed E-state index contributed by atoms with van der Waals surface area (Å²) in [6.07, 6.45) is -4.83. The van der Waals surface area contributed by atoms with Crippen molar-refractivity contribution in [2.75, 3.05) is 31.6 Å². The predicted octanol–water partition coefficient (Wildman–Crippen LogP) is 3.94. The summed E-state index contributed by atoms with van der Waals surface area (Å²) in [5, 5.41) is 2.75. The van der Waals surface area contributed by atoms with E-state index in [1.807, 2.05) is 6.07 Å². The van der Waals surface area contributed by atoms with Crippen LogP contribution >= 0.6 is 0 Å². The van der Waals surface area contributed by atoms with E-state index in [0.717, 1.165) is 0 Å². The lowest BCUT2D eigenvalue weighted by atomic mass is 10.0. The molecular formula is C27H22F3N3O5. The zero-order valence-corrected chi connectivity index (χ0v) is 19.9. The molecule has 2 heterocycles. The van der Waals surface area contributed by atoms with Crippen molar-refractivity contribution in [3.05, 3.63) is 78.4 Å². The number of alkyl halides is 3. The van der Waals surface area contributed by atoms with Crippen LogP contribution in [0.5, 0.6) is 11.5 Å². The lowest BCUT2D eigenvalue weighted by molar-refractivity contribution is -0.274. The molecule has 0 radical (unpaired) electrons. The summed E-state index contributed by atoms with van der Waals surface area (Å²) in [5.41, 5.74) is 1.37. The van der Waals surface area contributed by atoms with Crippen molar-refractivity contribution in [1.29, 1.82) is 0 Å². The summed E-state index contributed by atoms with van der Waals surface area (Å²) >= 11 is 0. The number of amides is 3. The minimum atomic E-state index is -4.83. The first-order valence-corrected chi connectivity index (χ1v) is 11.8. The van der Waals surface area contributed by atoms with Crippen LogP contribution in [0.15, 0.2) is 72.8 Å². The zero-order valence-electron chi connectivity index (χ0n) is 19.9. The van der Waals surface area contributed by atoms with Crippen LogP contribution < -0.4 is 14.8 Å². The zero-order chi connectivity index (χ0) is 26.9. The van der Waals surface area contributed by atoms with Crippen LogP contribution in [0, 0.1) is 0 Å². The highest BCUT2D eigenvalue weighted by molar-refractivity contribution is 6.10. The molecule has 2 aliphatic rings. The summed E-state index contributed by atoms with van der Waals surface area (Å²) in [6, 6.07) is 18.0. The van der Waals surface area contributed by atoms with Crippen LogP contribution in [0.3, 0.4) is 0 Å². The SMILES string of the molecule is O=C1Nc2ccc(-c3cccc(OC(F)(F)F)c3)cc2C(=O)N2CCN(C(=O)COc3ccccc3)CC12. The molecule has 3 aromatic rings. The lowest BCUT2D eigenvalue weighted by Gasteiger charge is -2.39. The predicted molar refractivity (Wildman–Crippen MR) is 131 cm³/mol. The second-order valence-corrected chi connectivity index (χ2v) is 8.78. The molecule has 196 valence electrons. The van der Waals surface area contributed by atoms with Crippen LogP contribution in [-0.4, -0.2) is 66.2 Å². The van der Waals surface area contributed by atoms with E-state index >= 15 is 0 Å². The summed E-state index contributed by atoms with van der Waals surface area (Å²) < 4.78 is 47.5. The molecule has 0 aliphatic carbocycles. The third-order valence-electron chi connectivity index (χ3n) is 6.31. The quantitative estimate of drug-likeness (QED) is 0.546. The molecule has 5 rings (SSSR count). The maximum absolute atomic E-state index is 13.5. The van der Waals surface area contributed by atoms with Crippen molar-refractivity contribution < 1.29 is 37.0 Å². The molecule has 2 aliphatic heterocycles. The van der Waals surface area contributed by atoms with E-state index in [9.17, 15) is 27.6 Å². The molecule has 0 saturated carbocycles. The van der Waals surface area contributed by atoms with Gasteiger partial charge in [0.25, 0.3) is 11.8 Å². The van der Waals surface area contributed by atoms with Crippen LogP contribution in [0.1, 0.15) is 10.4 Å². The Kier molecular flexibility index (Phi) is 6.66. The van der Waals surface area contributed by atoms with Gasteiger partial charge in [-0.05, 0) is 47.5 Å². The number of piperazine rings is 1. The highest BCUT2D eigenvalue weighted by Gasteiger charge is 2.40. The number of hydrogen-bond acceptors (Lipinski definition) is 5. The monoisotopic (exact) mass is 525 g/mol. The number of nitrogens with one attached hydrogen (secondary N) is 1. The Morgan fingerprint density at radius 3 is 2.42 bits per heavy atom. The molecule has 38 heavy (non-hydrogen) atoms. The summed E-state index contributed by atoms with van der Waals surface area (Å²) in [7, 11) is 0. The Labute approximate surface area is 215 Å². The van der Waals surface area contributed by atoms with Gasteiger partial charge in [-0.15, -0.1) is 13.2 Å². The highest BCUT2D eigenvalue weighted by Crippen LogP contribution is 2.32.